The van der Waals surface area contributed by atoms with Crippen molar-refractivity contribution in [2.24, 2.45) is 0 Å². The van der Waals surface area contributed by atoms with Gasteiger partial charge in [0.25, 0.3) is 0 Å². The highest BCUT2D eigenvalue weighted by Crippen LogP contribution is 2.43. The molecule has 0 saturated heterocycles. The number of nitrogens with one attached hydrogen (secondary N) is 1. The third kappa shape index (κ3) is 4.00. The molecule has 1 N–H and O–H groups in total. The van der Waals surface area contributed by atoms with Crippen LogP contribution in [-0.2, 0) is 0 Å². The number of rotatable bonds is 7. The van der Waals surface area contributed by atoms with E-state index in [4.69, 9.17) is 14.2 Å². The van der Waals surface area contributed by atoms with Crippen LogP contribution in [0.5, 0.6) is 17.4 Å². The van der Waals surface area contributed by atoms with Gasteiger partial charge in [-0.05, 0) is 24.6 Å². The number of nitrogens with zero attached hydrogens (tertiary/aromatic N) is 3. The average Bonchev–Trinajstić information content (AvgIpc) is 2.95. The Kier molecular flexibility index (Phi) is 6.23. The Morgan fingerprint density at radius 3 is 2.73 bits per heavy atom. The van der Waals surface area contributed by atoms with E-state index in [2.05, 4.69) is 27.4 Å². The molecule has 0 aliphatic carbocycles. The molecular formula is C22H24N4O3S. The standard InChI is InChI=1S/C22H24N4O3S/c1-4-5-13-30-22-24-21-18(25-26-22)14-9-6-7-11-16(14)23-20(29-21)15-10-8-12-17(27-2)19(15)28-3/h6-12,20,23H,4-5,13H2,1-3H3/t20-/m0/s1. The van der Waals surface area contributed by atoms with Gasteiger partial charge >= 0.3 is 0 Å². The van der Waals surface area contributed by atoms with Crippen LogP contribution in [-0.4, -0.2) is 35.2 Å². The van der Waals surface area contributed by atoms with Gasteiger partial charge in [0.1, 0.15) is 0 Å². The van der Waals surface area contributed by atoms with Gasteiger partial charge in [0.05, 0.1) is 19.8 Å². The molecule has 1 aromatic heterocycles. The van der Waals surface area contributed by atoms with E-state index in [0.717, 1.165) is 35.4 Å². The number of benzene rings is 2. The van der Waals surface area contributed by atoms with Crippen molar-refractivity contribution in [3.05, 3.63) is 48.0 Å². The molecule has 3 aromatic rings. The van der Waals surface area contributed by atoms with Gasteiger partial charge in [0.15, 0.2) is 17.2 Å². The minimum absolute atomic E-state index is 0.441. The molecule has 0 fully saturated rings. The lowest BCUT2D eigenvalue weighted by molar-refractivity contribution is 0.218. The summed E-state index contributed by atoms with van der Waals surface area (Å²) in [6, 6.07) is 13.6. The maximum absolute atomic E-state index is 6.34. The lowest BCUT2D eigenvalue weighted by Gasteiger charge is -2.22. The number of thioether (sulfide) groups is 1. The summed E-state index contributed by atoms with van der Waals surface area (Å²) in [5.41, 5.74) is 3.19. The largest absolute Gasteiger partial charge is 0.493 e. The van der Waals surface area contributed by atoms with Crippen LogP contribution in [0.3, 0.4) is 0 Å². The van der Waals surface area contributed by atoms with Gasteiger partial charge in [0, 0.05) is 17.0 Å². The number of hydrogen-bond donors (Lipinski definition) is 1. The summed E-state index contributed by atoms with van der Waals surface area (Å²) in [7, 11) is 3.23. The predicted octanol–water partition coefficient (Wildman–Crippen LogP) is 4.95. The van der Waals surface area contributed by atoms with E-state index in [-0.39, 0.29) is 0 Å². The Morgan fingerprint density at radius 1 is 1.07 bits per heavy atom. The monoisotopic (exact) mass is 424 g/mol. The molecule has 0 spiro atoms. The first-order valence-electron chi connectivity index (χ1n) is 9.86. The Hall–Kier alpha value is -3.00. The first-order valence-corrected chi connectivity index (χ1v) is 10.8. The van der Waals surface area contributed by atoms with Gasteiger partial charge in [-0.2, -0.15) is 4.98 Å². The molecule has 2 aromatic carbocycles. The van der Waals surface area contributed by atoms with Gasteiger partial charge in [-0.15, -0.1) is 10.2 Å². The van der Waals surface area contributed by atoms with Gasteiger partial charge in [-0.1, -0.05) is 49.4 Å². The zero-order chi connectivity index (χ0) is 20.9. The molecule has 4 rings (SSSR count). The molecular weight excluding hydrogens is 400 g/mol. The molecule has 0 unspecified atom stereocenters. The summed E-state index contributed by atoms with van der Waals surface area (Å²) in [5.74, 6) is 2.63. The van der Waals surface area contributed by atoms with E-state index >= 15 is 0 Å². The summed E-state index contributed by atoms with van der Waals surface area (Å²) in [6.45, 7) is 2.16. The average molecular weight is 425 g/mol. The van der Waals surface area contributed by atoms with Crippen LogP contribution < -0.4 is 19.5 Å². The highest BCUT2D eigenvalue weighted by Gasteiger charge is 2.28. The minimum Gasteiger partial charge on any atom is -0.493 e. The van der Waals surface area contributed by atoms with E-state index in [0.29, 0.717) is 28.2 Å². The summed E-state index contributed by atoms with van der Waals surface area (Å²) >= 11 is 1.59. The third-order valence-electron chi connectivity index (χ3n) is 4.78. The number of unbranched alkanes of at least 4 members (excludes halogenated alkanes) is 1. The molecule has 0 radical (unpaired) electrons. The first kappa shape index (κ1) is 20.3. The van der Waals surface area contributed by atoms with E-state index in [1.165, 1.54) is 0 Å². The van der Waals surface area contributed by atoms with Crippen molar-refractivity contribution >= 4 is 17.4 Å². The SMILES string of the molecule is CCCCSc1nnc2c(n1)O[C@@H](c1cccc(OC)c1OC)Nc1ccccc1-2. The van der Waals surface area contributed by atoms with Crippen LogP contribution in [0.25, 0.3) is 11.3 Å². The Labute approximate surface area is 180 Å². The molecule has 7 nitrogen and oxygen atoms in total. The molecule has 1 atom stereocenters. The van der Waals surface area contributed by atoms with Crippen molar-refractivity contribution in [1.82, 2.24) is 15.2 Å². The molecule has 1 aliphatic heterocycles. The fraction of sp³-hybridized carbons (Fsp3) is 0.318. The minimum atomic E-state index is -0.539. The van der Waals surface area contributed by atoms with Crippen molar-refractivity contribution in [2.45, 2.75) is 31.1 Å². The van der Waals surface area contributed by atoms with E-state index < -0.39 is 6.23 Å². The zero-order valence-corrected chi connectivity index (χ0v) is 18.0. The van der Waals surface area contributed by atoms with Crippen LogP contribution in [0.15, 0.2) is 47.6 Å². The van der Waals surface area contributed by atoms with E-state index in [1.807, 2.05) is 42.5 Å². The summed E-state index contributed by atoms with van der Waals surface area (Å²) < 4.78 is 17.4. The number of aromatic nitrogens is 3. The van der Waals surface area contributed by atoms with Crippen molar-refractivity contribution in [3.63, 3.8) is 0 Å². The molecule has 8 heteroatoms. The zero-order valence-electron chi connectivity index (χ0n) is 17.2. The Bertz CT molecular complexity index is 1030. The van der Waals surface area contributed by atoms with E-state index in [9.17, 15) is 0 Å². The number of para-hydroxylation sites is 2. The number of anilines is 1. The number of hydrogen-bond acceptors (Lipinski definition) is 8. The van der Waals surface area contributed by atoms with Crippen LogP contribution in [0.2, 0.25) is 0 Å². The van der Waals surface area contributed by atoms with Crippen LogP contribution >= 0.6 is 11.8 Å². The van der Waals surface area contributed by atoms with Crippen LogP contribution in [0, 0.1) is 0 Å². The normalized spacial score (nSPS) is 14.6. The first-order chi connectivity index (χ1) is 14.7. The molecule has 0 amide bonds. The summed E-state index contributed by atoms with van der Waals surface area (Å²) in [5, 5.41) is 12.8. The van der Waals surface area contributed by atoms with Gasteiger partial charge in [0.2, 0.25) is 17.3 Å². The number of ether oxygens (including phenoxy) is 3. The van der Waals surface area contributed by atoms with Gasteiger partial charge < -0.3 is 19.5 Å². The highest BCUT2D eigenvalue weighted by molar-refractivity contribution is 7.99. The highest BCUT2D eigenvalue weighted by atomic mass is 32.2. The summed E-state index contributed by atoms with van der Waals surface area (Å²) in [6.07, 6.45) is 1.68. The molecule has 156 valence electrons. The Balaban J connectivity index is 1.78. The number of fused-ring (bicyclic) bond motifs is 3. The second-order valence-corrected chi connectivity index (χ2v) is 7.78. The van der Waals surface area contributed by atoms with Crippen molar-refractivity contribution in [1.29, 1.82) is 0 Å². The summed E-state index contributed by atoms with van der Waals surface area (Å²) in [4.78, 5) is 4.67. The van der Waals surface area contributed by atoms with Gasteiger partial charge in [-0.25, -0.2) is 0 Å². The molecule has 2 heterocycles. The molecule has 30 heavy (non-hydrogen) atoms. The second kappa shape index (κ2) is 9.21. The lowest BCUT2D eigenvalue weighted by atomic mass is 10.1. The van der Waals surface area contributed by atoms with E-state index in [1.54, 1.807) is 26.0 Å². The predicted molar refractivity (Wildman–Crippen MR) is 117 cm³/mol. The molecule has 0 bridgehead atoms. The fourth-order valence-electron chi connectivity index (χ4n) is 3.28. The van der Waals surface area contributed by atoms with Gasteiger partial charge in [-0.3, -0.25) is 0 Å². The second-order valence-electron chi connectivity index (χ2n) is 6.72. The lowest BCUT2D eigenvalue weighted by Crippen LogP contribution is -2.18. The molecule has 0 saturated carbocycles. The van der Waals surface area contributed by atoms with Crippen LogP contribution in [0.1, 0.15) is 31.6 Å². The topological polar surface area (TPSA) is 78.4 Å². The maximum atomic E-state index is 6.34. The van der Waals surface area contributed by atoms with Crippen molar-refractivity contribution < 1.29 is 14.2 Å². The fourth-order valence-corrected chi connectivity index (χ4v) is 4.14. The van der Waals surface area contributed by atoms with Crippen molar-refractivity contribution in [3.8, 4) is 28.6 Å². The molecule has 1 aliphatic rings. The quantitative estimate of drug-likeness (QED) is 0.422. The van der Waals surface area contributed by atoms with Crippen molar-refractivity contribution in [2.75, 3.05) is 25.3 Å². The number of methoxy groups -OCH3 is 2. The Morgan fingerprint density at radius 2 is 1.93 bits per heavy atom. The third-order valence-corrected chi connectivity index (χ3v) is 5.70. The smallest absolute Gasteiger partial charge is 0.247 e. The van der Waals surface area contributed by atoms with Crippen LogP contribution in [0.4, 0.5) is 5.69 Å². The maximum Gasteiger partial charge on any atom is 0.247 e.